The fourth-order valence-electron chi connectivity index (χ4n) is 1.52. The van der Waals surface area contributed by atoms with Gasteiger partial charge in [-0.2, -0.15) is 0 Å². The summed E-state index contributed by atoms with van der Waals surface area (Å²) in [6.45, 7) is -0.174. The maximum Gasteiger partial charge on any atom is 0.330 e. The molecule has 0 spiro atoms. The molecule has 0 aliphatic rings. The van der Waals surface area contributed by atoms with E-state index in [0.717, 1.165) is 19.2 Å². The Hall–Kier alpha value is -1.55. The summed E-state index contributed by atoms with van der Waals surface area (Å²) in [7, 11) is 0. The Kier molecular flexibility index (Phi) is 4.58. The van der Waals surface area contributed by atoms with Crippen LogP contribution in [0.4, 0.5) is 4.39 Å². The van der Waals surface area contributed by atoms with Crippen LogP contribution in [-0.2, 0) is 0 Å². The zero-order valence-electron chi connectivity index (χ0n) is 10.0. The van der Waals surface area contributed by atoms with Crippen LogP contribution in [0, 0.1) is 0 Å². The van der Waals surface area contributed by atoms with Crippen LogP contribution in [0.1, 0.15) is 13.2 Å². The van der Waals surface area contributed by atoms with Crippen LogP contribution in [0.5, 0.6) is 0 Å². The summed E-state index contributed by atoms with van der Waals surface area (Å²) >= 11 is 0. The molecule has 9 heteroatoms. The average molecular weight is 278 g/mol. The third-order valence-electron chi connectivity index (χ3n) is 2.75. The van der Waals surface area contributed by atoms with Crippen molar-refractivity contribution in [2.24, 2.45) is 0 Å². The first-order chi connectivity index (χ1) is 8.71. The van der Waals surface area contributed by atoms with Gasteiger partial charge >= 0.3 is 5.69 Å². The SMILES string of the molecule is C[C@@](O)([C@H](O)[C@@H](F)CO)[C@@H](O)n1ccc(=O)[nH]c1=O. The van der Waals surface area contributed by atoms with E-state index >= 15 is 0 Å². The Balaban J connectivity index is 3.13. The van der Waals surface area contributed by atoms with Gasteiger partial charge in [-0.25, -0.2) is 9.18 Å². The molecule has 1 rings (SSSR count). The van der Waals surface area contributed by atoms with E-state index in [4.69, 9.17) is 5.11 Å². The zero-order valence-corrected chi connectivity index (χ0v) is 10.0. The molecule has 0 aromatic carbocycles. The molecule has 0 radical (unpaired) electrons. The van der Waals surface area contributed by atoms with E-state index in [1.54, 1.807) is 0 Å². The number of nitrogens with one attached hydrogen (secondary N) is 1. The van der Waals surface area contributed by atoms with Crippen molar-refractivity contribution in [3.05, 3.63) is 33.1 Å². The second-order valence-electron chi connectivity index (χ2n) is 4.26. The van der Waals surface area contributed by atoms with E-state index in [2.05, 4.69) is 0 Å². The Morgan fingerprint density at radius 1 is 1.47 bits per heavy atom. The largest absolute Gasteiger partial charge is 0.393 e. The van der Waals surface area contributed by atoms with Gasteiger partial charge in [0, 0.05) is 12.3 Å². The van der Waals surface area contributed by atoms with Gasteiger partial charge in [-0.15, -0.1) is 0 Å². The molecule has 0 saturated carbocycles. The number of rotatable bonds is 5. The van der Waals surface area contributed by atoms with Crippen molar-refractivity contribution < 1.29 is 24.8 Å². The van der Waals surface area contributed by atoms with Gasteiger partial charge in [0.05, 0.1) is 6.61 Å². The molecule has 0 aliphatic carbocycles. The number of aromatic nitrogens is 2. The van der Waals surface area contributed by atoms with Crippen LogP contribution in [0.3, 0.4) is 0 Å². The predicted octanol–water partition coefficient (Wildman–Crippen LogP) is -2.53. The molecule has 1 aromatic rings. The third kappa shape index (κ3) is 3.07. The van der Waals surface area contributed by atoms with Crippen molar-refractivity contribution in [2.45, 2.75) is 31.0 Å². The monoisotopic (exact) mass is 278 g/mol. The van der Waals surface area contributed by atoms with Crippen LogP contribution in [0.2, 0.25) is 0 Å². The van der Waals surface area contributed by atoms with Crippen LogP contribution >= 0.6 is 0 Å². The molecule has 108 valence electrons. The quantitative estimate of drug-likeness (QED) is 0.403. The minimum Gasteiger partial charge on any atom is -0.393 e. The summed E-state index contributed by atoms with van der Waals surface area (Å²) in [4.78, 5) is 24.1. The summed E-state index contributed by atoms with van der Waals surface area (Å²) in [5.41, 5.74) is -4.20. The van der Waals surface area contributed by atoms with Crippen molar-refractivity contribution in [3.63, 3.8) is 0 Å². The van der Waals surface area contributed by atoms with Gasteiger partial charge in [0.15, 0.2) is 12.4 Å². The van der Waals surface area contributed by atoms with Gasteiger partial charge in [-0.05, 0) is 6.92 Å². The number of aliphatic hydroxyl groups excluding tert-OH is 3. The number of H-pyrrole nitrogens is 1. The normalized spacial score (nSPS) is 19.5. The second kappa shape index (κ2) is 5.61. The molecule has 19 heavy (non-hydrogen) atoms. The smallest absolute Gasteiger partial charge is 0.330 e. The summed E-state index contributed by atoms with van der Waals surface area (Å²) in [6, 6.07) is 0.909. The number of aliphatic hydroxyl groups is 4. The number of hydrogen-bond donors (Lipinski definition) is 5. The molecule has 1 aromatic heterocycles. The maximum atomic E-state index is 13.1. The average Bonchev–Trinajstić information content (AvgIpc) is 2.36. The second-order valence-corrected chi connectivity index (χ2v) is 4.26. The van der Waals surface area contributed by atoms with Gasteiger partial charge in [0.2, 0.25) is 0 Å². The maximum absolute atomic E-state index is 13.1. The van der Waals surface area contributed by atoms with E-state index < -0.39 is 42.0 Å². The summed E-state index contributed by atoms with van der Waals surface area (Å²) in [6.07, 6.45) is -5.47. The lowest BCUT2D eigenvalue weighted by Gasteiger charge is -2.35. The van der Waals surface area contributed by atoms with Crippen LogP contribution < -0.4 is 11.2 Å². The molecule has 0 amide bonds. The highest BCUT2D eigenvalue weighted by Gasteiger charge is 2.43. The fraction of sp³-hybridized carbons (Fsp3) is 0.600. The summed E-state index contributed by atoms with van der Waals surface area (Å²) < 4.78 is 13.7. The first-order valence-corrected chi connectivity index (χ1v) is 5.36. The van der Waals surface area contributed by atoms with Crippen LogP contribution in [0.25, 0.3) is 0 Å². The number of nitrogens with zero attached hydrogens (tertiary/aromatic N) is 1. The van der Waals surface area contributed by atoms with Crippen molar-refractivity contribution in [2.75, 3.05) is 6.61 Å². The first-order valence-electron chi connectivity index (χ1n) is 5.36. The first kappa shape index (κ1) is 15.5. The zero-order chi connectivity index (χ0) is 14.8. The third-order valence-corrected chi connectivity index (χ3v) is 2.75. The van der Waals surface area contributed by atoms with Gasteiger partial charge in [0.1, 0.15) is 11.7 Å². The summed E-state index contributed by atoms with van der Waals surface area (Å²) in [5, 5.41) is 37.8. The summed E-state index contributed by atoms with van der Waals surface area (Å²) in [5.74, 6) is 0. The van der Waals surface area contributed by atoms with Crippen molar-refractivity contribution >= 4 is 0 Å². The Bertz CT molecular complexity index is 539. The minimum absolute atomic E-state index is 0.523. The van der Waals surface area contributed by atoms with Crippen molar-refractivity contribution in [1.29, 1.82) is 0 Å². The van der Waals surface area contributed by atoms with Gasteiger partial charge in [0.25, 0.3) is 5.56 Å². The molecule has 0 bridgehead atoms. The van der Waals surface area contributed by atoms with Crippen LogP contribution in [-0.4, -0.2) is 54.5 Å². The lowest BCUT2D eigenvalue weighted by molar-refractivity contribution is -0.184. The molecule has 1 heterocycles. The topological polar surface area (TPSA) is 136 Å². The highest BCUT2D eigenvalue weighted by Crippen LogP contribution is 2.25. The van der Waals surface area contributed by atoms with E-state index in [-0.39, 0.29) is 0 Å². The highest BCUT2D eigenvalue weighted by molar-refractivity contribution is 4.94. The fourth-order valence-corrected chi connectivity index (χ4v) is 1.52. The molecule has 4 atom stereocenters. The molecule has 0 saturated heterocycles. The van der Waals surface area contributed by atoms with E-state index in [0.29, 0.717) is 4.57 Å². The Morgan fingerprint density at radius 3 is 2.53 bits per heavy atom. The molecule has 0 unspecified atom stereocenters. The Labute approximate surface area is 106 Å². The number of halogens is 1. The van der Waals surface area contributed by atoms with E-state index in [9.17, 15) is 29.3 Å². The van der Waals surface area contributed by atoms with E-state index in [1.165, 1.54) is 0 Å². The lowest BCUT2D eigenvalue weighted by atomic mass is 9.93. The Morgan fingerprint density at radius 2 is 2.05 bits per heavy atom. The molecule has 8 nitrogen and oxygen atoms in total. The van der Waals surface area contributed by atoms with Crippen LogP contribution in [0.15, 0.2) is 21.9 Å². The van der Waals surface area contributed by atoms with Gasteiger partial charge < -0.3 is 20.4 Å². The van der Waals surface area contributed by atoms with Gasteiger partial charge in [-0.1, -0.05) is 0 Å². The van der Waals surface area contributed by atoms with Crippen molar-refractivity contribution in [1.82, 2.24) is 9.55 Å². The highest BCUT2D eigenvalue weighted by atomic mass is 19.1. The van der Waals surface area contributed by atoms with E-state index in [1.807, 2.05) is 4.98 Å². The predicted molar refractivity (Wildman–Crippen MR) is 61.2 cm³/mol. The molecule has 0 fully saturated rings. The number of alkyl halides is 1. The minimum atomic E-state index is -2.45. The molecule has 0 aliphatic heterocycles. The molecular weight excluding hydrogens is 263 g/mol. The standard InChI is InChI=1S/C10H15FN2O6/c1-10(19,7(16)5(11)4-14)8(17)13-3-2-6(15)12-9(13)18/h2-3,5,7-8,14,16-17,19H,4H2,1H3,(H,12,15,18)/t5-,7+,8+,10+/m0/s1. The van der Waals surface area contributed by atoms with Gasteiger partial charge in [-0.3, -0.25) is 14.3 Å². The lowest BCUT2D eigenvalue weighted by Crippen LogP contribution is -2.54. The number of hydrogen-bond acceptors (Lipinski definition) is 6. The number of aromatic amines is 1. The van der Waals surface area contributed by atoms with Crippen molar-refractivity contribution in [3.8, 4) is 0 Å². The molecule has 5 N–H and O–H groups in total. The molecular formula is C10H15FN2O6.